The van der Waals surface area contributed by atoms with Crippen LogP contribution in [0.2, 0.25) is 0 Å². The van der Waals surface area contributed by atoms with E-state index in [2.05, 4.69) is 43.1 Å². The molecule has 36 heavy (non-hydrogen) atoms. The summed E-state index contributed by atoms with van der Waals surface area (Å²) < 4.78 is 28.3. The quantitative estimate of drug-likeness (QED) is 0.349. The number of para-hydroxylation sites is 1. The summed E-state index contributed by atoms with van der Waals surface area (Å²) in [6, 6.07) is 4.93. The van der Waals surface area contributed by atoms with E-state index in [0.29, 0.717) is 70.2 Å². The van der Waals surface area contributed by atoms with E-state index in [1.165, 1.54) is 19.4 Å². The minimum Gasteiger partial charge on any atom is -0.593 e. The Labute approximate surface area is 211 Å². The molecule has 0 amide bonds. The highest BCUT2D eigenvalue weighted by atomic mass is 32.2. The van der Waals surface area contributed by atoms with Gasteiger partial charge in [0.2, 0.25) is 5.90 Å². The van der Waals surface area contributed by atoms with E-state index in [0.717, 1.165) is 12.8 Å². The van der Waals surface area contributed by atoms with Crippen molar-refractivity contribution in [3.8, 4) is 17.2 Å². The molecule has 1 aromatic carbocycles. The predicted molar refractivity (Wildman–Crippen MR) is 137 cm³/mol. The molecule has 0 spiro atoms. The van der Waals surface area contributed by atoms with Crippen molar-refractivity contribution in [3.63, 3.8) is 0 Å². The zero-order valence-electron chi connectivity index (χ0n) is 20.2. The number of phenolic OH excluding ortho intramolecular Hbond substituents is 1. The third-order valence-electron chi connectivity index (χ3n) is 5.98. The van der Waals surface area contributed by atoms with Crippen molar-refractivity contribution >= 4 is 40.1 Å². The van der Waals surface area contributed by atoms with Crippen LogP contribution in [0.1, 0.15) is 32.5 Å². The molecule has 0 saturated heterocycles. The number of nitrogens with zero attached hydrogens (tertiary/aromatic N) is 5. The fraction of sp³-hybridized carbons (Fsp3) is 0.360. The molecule has 2 aromatic heterocycles. The summed E-state index contributed by atoms with van der Waals surface area (Å²) in [5.41, 5.74) is 7.11. The zero-order valence-corrected chi connectivity index (χ0v) is 21.0. The average Bonchev–Trinajstić information content (AvgIpc) is 3.21. The second kappa shape index (κ2) is 10.1. The normalized spacial score (nSPS) is 19.4. The smallest absolute Gasteiger partial charge is 0.223 e. The van der Waals surface area contributed by atoms with Crippen LogP contribution in [0.25, 0.3) is 22.7 Å². The number of hydrogen-bond acceptors (Lipinski definition) is 9. The van der Waals surface area contributed by atoms with Gasteiger partial charge in [0.15, 0.2) is 28.6 Å². The Morgan fingerprint density at radius 1 is 1.31 bits per heavy atom. The van der Waals surface area contributed by atoms with Crippen molar-refractivity contribution in [1.82, 2.24) is 19.5 Å². The third-order valence-corrected chi connectivity index (χ3v) is 7.19. The Hall–Kier alpha value is -3.75. The highest BCUT2D eigenvalue weighted by Crippen LogP contribution is 2.37. The fourth-order valence-corrected chi connectivity index (χ4v) is 5.53. The monoisotopic (exact) mass is 506 g/mol. The number of benzene rings is 1. The maximum atomic E-state index is 12.7. The first kappa shape index (κ1) is 24.0. The van der Waals surface area contributed by atoms with E-state index in [4.69, 9.17) is 9.47 Å². The lowest BCUT2D eigenvalue weighted by Gasteiger charge is -2.32. The van der Waals surface area contributed by atoms with Gasteiger partial charge < -0.3 is 19.1 Å². The zero-order chi connectivity index (χ0) is 25.2. The number of aliphatic imine (C=N–C) groups is 1. The van der Waals surface area contributed by atoms with Crippen molar-refractivity contribution in [1.29, 1.82) is 0 Å². The van der Waals surface area contributed by atoms with Gasteiger partial charge in [-0.3, -0.25) is 4.57 Å². The lowest BCUT2D eigenvalue weighted by atomic mass is 9.77. The molecule has 1 unspecified atom stereocenters. The predicted octanol–water partition coefficient (Wildman–Crippen LogP) is 3.75. The number of aromatic nitrogens is 4. The number of anilines is 1. The minimum atomic E-state index is -1.30. The molecule has 1 fully saturated rings. The van der Waals surface area contributed by atoms with E-state index < -0.39 is 11.4 Å². The van der Waals surface area contributed by atoms with Gasteiger partial charge in [-0.15, -0.1) is 0 Å². The molecule has 1 atom stereocenters. The van der Waals surface area contributed by atoms with Crippen molar-refractivity contribution in [2.75, 3.05) is 24.2 Å². The molecule has 186 valence electrons. The van der Waals surface area contributed by atoms with Crippen LogP contribution >= 0.6 is 0 Å². The van der Waals surface area contributed by atoms with E-state index in [9.17, 15) is 9.66 Å². The fourth-order valence-electron chi connectivity index (χ4n) is 4.41. The number of phenols is 1. The number of imidazole rings is 1. The van der Waals surface area contributed by atoms with Crippen molar-refractivity contribution in [2.45, 2.75) is 26.7 Å². The van der Waals surface area contributed by atoms with Gasteiger partial charge in [-0.2, -0.15) is 4.72 Å². The van der Waals surface area contributed by atoms with Gasteiger partial charge in [-0.25, -0.2) is 19.9 Å². The first-order valence-corrected chi connectivity index (χ1v) is 13.0. The summed E-state index contributed by atoms with van der Waals surface area (Å²) in [6.45, 7) is 4.49. The summed E-state index contributed by atoms with van der Waals surface area (Å²) in [7, 11) is 1.51. The average molecular weight is 507 g/mol. The summed E-state index contributed by atoms with van der Waals surface area (Å²) in [4.78, 5) is 18.2. The molecular formula is C25H26N6O4S. The number of rotatable bonds is 8. The first-order valence-electron chi connectivity index (χ1n) is 11.7. The molecule has 1 aliphatic carbocycles. The molecule has 0 radical (unpaired) electrons. The Kier molecular flexibility index (Phi) is 6.71. The molecule has 5 rings (SSSR count). The first-order chi connectivity index (χ1) is 17.5. The van der Waals surface area contributed by atoms with Gasteiger partial charge in [-0.1, -0.05) is 18.7 Å². The number of fused-ring (bicyclic) bond motifs is 1. The standard InChI is InChI=1S/C25H26N6O4S/c1-4-35-21-10-5-7-17(27-21)24-29-23-25(31(24)22-18(32)8-6-9-19(22)34-3)28-20(13-26-23)30-36(33)14-16-11-15(2)12-16/h6,8-10,13,15-16,32H,4,11-12,14H2,1-3H3,(H,28,30). The molecule has 1 saturated carbocycles. The summed E-state index contributed by atoms with van der Waals surface area (Å²) >= 11 is -1.30. The van der Waals surface area contributed by atoms with Gasteiger partial charge in [-0.05, 0) is 43.5 Å². The van der Waals surface area contributed by atoms with Gasteiger partial charge >= 0.3 is 0 Å². The number of nitrogens with one attached hydrogen (secondary N) is 1. The summed E-state index contributed by atoms with van der Waals surface area (Å²) in [6.07, 6.45) is 5.25. The molecular weight excluding hydrogens is 480 g/mol. The van der Waals surface area contributed by atoms with Gasteiger partial charge in [0.25, 0.3) is 0 Å². The lowest BCUT2D eigenvalue weighted by Crippen LogP contribution is -2.31. The van der Waals surface area contributed by atoms with Crippen LogP contribution in [0.5, 0.6) is 11.5 Å². The van der Waals surface area contributed by atoms with Crippen LogP contribution in [-0.4, -0.2) is 54.5 Å². The Morgan fingerprint density at radius 2 is 2.14 bits per heavy atom. The maximum Gasteiger partial charge on any atom is 0.223 e. The van der Waals surface area contributed by atoms with E-state index >= 15 is 0 Å². The van der Waals surface area contributed by atoms with Crippen molar-refractivity contribution in [2.24, 2.45) is 16.8 Å². The number of aromatic hydroxyl groups is 1. The summed E-state index contributed by atoms with van der Waals surface area (Å²) in [5.74, 6) is 3.03. The second-order valence-corrected chi connectivity index (χ2v) is 9.93. The highest BCUT2D eigenvalue weighted by molar-refractivity contribution is 7.92. The van der Waals surface area contributed by atoms with Crippen LogP contribution in [-0.2, 0) is 16.1 Å². The van der Waals surface area contributed by atoms with Crippen LogP contribution in [0.3, 0.4) is 0 Å². The second-order valence-electron chi connectivity index (χ2n) is 8.70. The largest absolute Gasteiger partial charge is 0.593 e. The summed E-state index contributed by atoms with van der Waals surface area (Å²) in [5, 5.41) is 10.8. The molecule has 3 aromatic rings. The van der Waals surface area contributed by atoms with Crippen LogP contribution in [0.15, 0.2) is 46.9 Å². The molecule has 11 heteroatoms. The van der Waals surface area contributed by atoms with Gasteiger partial charge in [0, 0.05) is 5.92 Å². The van der Waals surface area contributed by atoms with Crippen molar-refractivity contribution < 1.29 is 19.1 Å². The van der Waals surface area contributed by atoms with Crippen LogP contribution in [0.4, 0.5) is 5.82 Å². The molecule has 10 nitrogen and oxygen atoms in total. The molecule has 1 aliphatic heterocycles. The molecule has 2 N–H and O–H groups in total. The van der Waals surface area contributed by atoms with Crippen LogP contribution in [0, 0.1) is 11.8 Å². The van der Waals surface area contributed by atoms with Gasteiger partial charge in [0.05, 0.1) is 37.4 Å². The lowest BCUT2D eigenvalue weighted by molar-refractivity contribution is 0.235. The van der Waals surface area contributed by atoms with E-state index in [1.807, 2.05) is 6.92 Å². The Bertz CT molecular complexity index is 1430. The van der Waals surface area contributed by atoms with E-state index in [-0.39, 0.29) is 5.75 Å². The van der Waals surface area contributed by atoms with Gasteiger partial charge in [0.1, 0.15) is 22.9 Å². The van der Waals surface area contributed by atoms with E-state index in [1.54, 1.807) is 22.8 Å². The Morgan fingerprint density at radius 3 is 2.89 bits per heavy atom. The highest BCUT2D eigenvalue weighted by Gasteiger charge is 2.30. The minimum absolute atomic E-state index is 0.0531. The SMILES string of the molecule is CCOC1=NC(c2nc3ncc(N[S+]([O-])CC4CC(C)C4)nc3n2-c2c(O)cccc2OC)=C=C=C1. The van der Waals surface area contributed by atoms with Crippen LogP contribution < -0.4 is 9.46 Å². The Balaban J connectivity index is 1.61. The molecule has 0 bridgehead atoms. The maximum absolute atomic E-state index is 12.7. The number of ether oxygens (including phenoxy) is 2. The molecule has 2 aliphatic rings. The topological polar surface area (TPSA) is 130 Å². The number of methoxy groups -OCH3 is 1. The third kappa shape index (κ3) is 4.69. The van der Waals surface area contributed by atoms with Crippen molar-refractivity contribution in [3.05, 3.63) is 47.8 Å². The number of hydrogen-bond donors (Lipinski definition) is 2. The molecule has 3 heterocycles.